The summed E-state index contributed by atoms with van der Waals surface area (Å²) in [5, 5.41) is 15.5. The van der Waals surface area contributed by atoms with Gasteiger partial charge >= 0.3 is 12.0 Å². The number of likely N-dealkylation sites (N-methyl/N-ethyl adjacent to an activating group) is 1. The molecule has 0 saturated carbocycles. The number of rotatable bonds is 6. The Kier molecular flexibility index (Phi) is 5.64. The fraction of sp³-hybridized carbons (Fsp3) is 0.500. The van der Waals surface area contributed by atoms with Crippen molar-refractivity contribution in [2.24, 2.45) is 0 Å². The van der Waals surface area contributed by atoms with Gasteiger partial charge in [-0.3, -0.25) is 4.79 Å². The molecule has 1 rings (SSSR count). The Morgan fingerprint density at radius 2 is 2.28 bits per heavy atom. The Labute approximate surface area is 110 Å². The van der Waals surface area contributed by atoms with E-state index in [4.69, 9.17) is 5.11 Å². The molecule has 18 heavy (non-hydrogen) atoms. The van der Waals surface area contributed by atoms with Crippen molar-refractivity contribution in [1.29, 1.82) is 0 Å². The smallest absolute Gasteiger partial charge is 0.323 e. The number of nitrogens with zero attached hydrogens (tertiary/aromatic N) is 1. The van der Waals surface area contributed by atoms with Gasteiger partial charge in [0.25, 0.3) is 0 Å². The zero-order valence-electron chi connectivity index (χ0n) is 10.5. The van der Waals surface area contributed by atoms with Crippen molar-refractivity contribution in [2.45, 2.75) is 26.3 Å². The molecule has 100 valence electrons. The van der Waals surface area contributed by atoms with Crippen LogP contribution in [-0.4, -0.2) is 41.1 Å². The van der Waals surface area contributed by atoms with Gasteiger partial charge in [0, 0.05) is 12.6 Å². The zero-order valence-corrected chi connectivity index (χ0v) is 11.4. The van der Waals surface area contributed by atoms with E-state index in [0.29, 0.717) is 6.54 Å². The van der Waals surface area contributed by atoms with Crippen LogP contribution < -0.4 is 5.32 Å². The summed E-state index contributed by atoms with van der Waals surface area (Å²) in [7, 11) is 0. The molecule has 0 aliphatic heterocycles. The molecule has 6 heteroatoms. The van der Waals surface area contributed by atoms with Gasteiger partial charge in [-0.05, 0) is 42.7 Å². The van der Waals surface area contributed by atoms with Gasteiger partial charge in [-0.2, -0.15) is 11.3 Å². The number of hydrogen-bond acceptors (Lipinski definition) is 3. The lowest BCUT2D eigenvalue weighted by atomic mass is 10.1. The molecule has 0 spiro atoms. The molecular weight excluding hydrogens is 252 g/mol. The van der Waals surface area contributed by atoms with Crippen LogP contribution in [0.4, 0.5) is 4.79 Å². The first-order valence-corrected chi connectivity index (χ1v) is 6.75. The number of amides is 2. The van der Waals surface area contributed by atoms with Crippen LogP contribution in [0, 0.1) is 0 Å². The number of carbonyl (C=O) groups is 2. The second-order valence-electron chi connectivity index (χ2n) is 4.09. The lowest BCUT2D eigenvalue weighted by Crippen LogP contribution is -2.46. The fourth-order valence-corrected chi connectivity index (χ4v) is 2.29. The Bertz CT molecular complexity index is 392. The van der Waals surface area contributed by atoms with Crippen molar-refractivity contribution in [3.63, 3.8) is 0 Å². The van der Waals surface area contributed by atoms with Crippen LogP contribution >= 0.6 is 11.3 Å². The van der Waals surface area contributed by atoms with Crippen LogP contribution in [0.15, 0.2) is 16.8 Å². The lowest BCUT2D eigenvalue weighted by Gasteiger charge is -2.22. The maximum Gasteiger partial charge on any atom is 0.323 e. The van der Waals surface area contributed by atoms with E-state index in [2.05, 4.69) is 5.32 Å². The molecule has 5 nitrogen and oxygen atoms in total. The van der Waals surface area contributed by atoms with Crippen molar-refractivity contribution in [2.75, 3.05) is 13.1 Å². The number of thiophene rings is 1. The average Bonchev–Trinajstić information content (AvgIpc) is 2.77. The molecule has 0 saturated heterocycles. The Balaban J connectivity index is 2.44. The minimum absolute atomic E-state index is 0.0186. The normalized spacial score (nSPS) is 11.9. The number of carbonyl (C=O) groups excluding carboxylic acids is 1. The molecule has 1 unspecified atom stereocenters. The van der Waals surface area contributed by atoms with Crippen molar-refractivity contribution < 1.29 is 14.7 Å². The van der Waals surface area contributed by atoms with Crippen molar-refractivity contribution in [3.05, 3.63) is 22.4 Å². The van der Waals surface area contributed by atoms with E-state index in [9.17, 15) is 9.59 Å². The summed E-state index contributed by atoms with van der Waals surface area (Å²) in [5.41, 5.74) is 1.18. The largest absolute Gasteiger partial charge is 0.480 e. The fourth-order valence-electron chi connectivity index (χ4n) is 1.61. The zero-order chi connectivity index (χ0) is 13.5. The molecule has 2 amide bonds. The van der Waals surface area contributed by atoms with Crippen LogP contribution in [0.5, 0.6) is 0 Å². The molecule has 2 N–H and O–H groups in total. The van der Waals surface area contributed by atoms with E-state index in [1.165, 1.54) is 10.5 Å². The van der Waals surface area contributed by atoms with E-state index in [1.807, 2.05) is 23.8 Å². The van der Waals surface area contributed by atoms with Gasteiger partial charge in [0.15, 0.2) is 0 Å². The summed E-state index contributed by atoms with van der Waals surface area (Å²) in [6.45, 7) is 3.77. The van der Waals surface area contributed by atoms with Gasteiger partial charge < -0.3 is 15.3 Å². The van der Waals surface area contributed by atoms with E-state index < -0.39 is 5.97 Å². The maximum atomic E-state index is 11.8. The van der Waals surface area contributed by atoms with Crippen LogP contribution in [0.25, 0.3) is 0 Å². The number of carboxylic acids is 1. The quantitative estimate of drug-likeness (QED) is 0.828. The highest BCUT2D eigenvalue weighted by atomic mass is 32.1. The van der Waals surface area contributed by atoms with Crippen LogP contribution in [0.2, 0.25) is 0 Å². The molecular formula is C12H18N2O3S. The number of hydrogen-bond donors (Lipinski definition) is 2. The first kappa shape index (κ1) is 14.5. The molecule has 1 aromatic heterocycles. The van der Waals surface area contributed by atoms with Gasteiger partial charge in [0.1, 0.15) is 6.54 Å². The number of nitrogens with one attached hydrogen (secondary N) is 1. The van der Waals surface area contributed by atoms with Gasteiger partial charge in [0.2, 0.25) is 0 Å². The molecule has 0 bridgehead atoms. The monoisotopic (exact) mass is 270 g/mol. The van der Waals surface area contributed by atoms with Gasteiger partial charge in [-0.15, -0.1) is 0 Å². The third kappa shape index (κ3) is 4.75. The van der Waals surface area contributed by atoms with Crippen LogP contribution in [0.1, 0.15) is 19.4 Å². The minimum atomic E-state index is -1.00. The highest BCUT2D eigenvalue weighted by Crippen LogP contribution is 2.08. The standard InChI is InChI=1S/C12H18N2O3S/c1-3-14(7-11(15)16)12(17)13-9(2)6-10-4-5-18-8-10/h4-5,8-9H,3,6-7H2,1-2H3,(H,13,17)(H,15,16). The summed E-state index contributed by atoms with van der Waals surface area (Å²) in [6, 6.07) is 1.67. The minimum Gasteiger partial charge on any atom is -0.480 e. The average molecular weight is 270 g/mol. The lowest BCUT2D eigenvalue weighted by molar-refractivity contribution is -0.137. The summed E-state index contributed by atoms with van der Waals surface area (Å²) in [4.78, 5) is 23.7. The summed E-state index contributed by atoms with van der Waals surface area (Å²) in [5.74, 6) is -1.00. The summed E-state index contributed by atoms with van der Waals surface area (Å²) in [6.07, 6.45) is 0.750. The molecule has 1 atom stereocenters. The molecule has 0 aliphatic carbocycles. The molecule has 1 heterocycles. The van der Waals surface area contributed by atoms with Crippen LogP contribution in [0.3, 0.4) is 0 Å². The van der Waals surface area contributed by atoms with E-state index in [0.717, 1.165) is 6.42 Å². The SMILES string of the molecule is CCN(CC(=O)O)C(=O)NC(C)Cc1ccsc1. The topological polar surface area (TPSA) is 69.6 Å². The second kappa shape index (κ2) is 7.00. The first-order valence-electron chi connectivity index (χ1n) is 5.81. The van der Waals surface area contributed by atoms with Crippen molar-refractivity contribution >= 4 is 23.3 Å². The number of urea groups is 1. The molecule has 0 aromatic carbocycles. The van der Waals surface area contributed by atoms with Crippen molar-refractivity contribution in [3.8, 4) is 0 Å². The summed E-state index contributed by atoms with van der Waals surface area (Å²) >= 11 is 1.62. The molecule has 0 fully saturated rings. The Morgan fingerprint density at radius 3 is 2.78 bits per heavy atom. The third-order valence-electron chi connectivity index (χ3n) is 2.49. The third-order valence-corrected chi connectivity index (χ3v) is 3.22. The molecule has 1 aromatic rings. The van der Waals surface area contributed by atoms with E-state index >= 15 is 0 Å². The van der Waals surface area contributed by atoms with Gasteiger partial charge in [-0.25, -0.2) is 4.79 Å². The first-order chi connectivity index (χ1) is 8.52. The van der Waals surface area contributed by atoms with Crippen molar-refractivity contribution in [1.82, 2.24) is 10.2 Å². The van der Waals surface area contributed by atoms with E-state index in [1.54, 1.807) is 18.3 Å². The Morgan fingerprint density at radius 1 is 1.56 bits per heavy atom. The second-order valence-corrected chi connectivity index (χ2v) is 4.87. The number of carboxylic acid groups (broad SMARTS) is 1. The van der Waals surface area contributed by atoms with E-state index in [-0.39, 0.29) is 18.6 Å². The molecule has 0 radical (unpaired) electrons. The summed E-state index contributed by atoms with van der Waals surface area (Å²) < 4.78 is 0. The highest BCUT2D eigenvalue weighted by molar-refractivity contribution is 7.07. The molecule has 0 aliphatic rings. The van der Waals surface area contributed by atoms with Gasteiger partial charge in [-0.1, -0.05) is 0 Å². The Hall–Kier alpha value is -1.56. The predicted octanol–water partition coefficient (Wildman–Crippen LogP) is 1.80. The number of aliphatic carboxylic acids is 1. The maximum absolute atomic E-state index is 11.8. The van der Waals surface area contributed by atoms with Crippen LogP contribution in [-0.2, 0) is 11.2 Å². The highest BCUT2D eigenvalue weighted by Gasteiger charge is 2.16. The predicted molar refractivity (Wildman–Crippen MR) is 70.9 cm³/mol. The van der Waals surface area contributed by atoms with Gasteiger partial charge in [0.05, 0.1) is 0 Å².